The van der Waals surface area contributed by atoms with E-state index in [1.54, 1.807) is 0 Å². The largest absolute Gasteiger partial charge is 0.508 e. The molecule has 7 heteroatoms. The number of aromatic hydroxyl groups is 1. The fraction of sp³-hybridized carbons (Fsp3) is 0.417. The highest BCUT2D eigenvalue weighted by Crippen LogP contribution is 2.22. The standard InChI is InChI=1S/C12H14ClNO4S/c13-11-2-1-9(15)7-10(11)12(16)14-8-3-5-19(17,18)6-4-8/h1-2,7-8,15H,3-6H2,(H,14,16). The van der Waals surface area contributed by atoms with Gasteiger partial charge in [-0.15, -0.1) is 0 Å². The lowest BCUT2D eigenvalue weighted by Crippen LogP contribution is -2.40. The number of hydrogen-bond acceptors (Lipinski definition) is 4. The van der Waals surface area contributed by atoms with Crippen LogP contribution in [0.25, 0.3) is 0 Å². The second-order valence-electron chi connectivity index (χ2n) is 4.56. The van der Waals surface area contributed by atoms with E-state index in [0.29, 0.717) is 12.8 Å². The van der Waals surface area contributed by atoms with Crippen LogP contribution < -0.4 is 5.32 Å². The molecule has 5 nitrogen and oxygen atoms in total. The molecule has 1 aliphatic rings. The average Bonchev–Trinajstić information content (AvgIpc) is 2.35. The number of carbonyl (C=O) groups is 1. The molecule has 0 spiro atoms. The number of rotatable bonds is 2. The normalized spacial score (nSPS) is 19.0. The highest BCUT2D eigenvalue weighted by atomic mass is 35.5. The molecule has 0 bridgehead atoms. The Hall–Kier alpha value is -1.27. The molecule has 0 unspecified atom stereocenters. The molecule has 0 radical (unpaired) electrons. The number of halogens is 1. The van der Waals surface area contributed by atoms with Crippen molar-refractivity contribution >= 4 is 27.3 Å². The minimum absolute atomic E-state index is 0.0410. The SMILES string of the molecule is O=C(NC1CCS(=O)(=O)CC1)c1cc(O)ccc1Cl. The van der Waals surface area contributed by atoms with Gasteiger partial charge in [0.1, 0.15) is 15.6 Å². The van der Waals surface area contributed by atoms with Crippen LogP contribution in [0, 0.1) is 0 Å². The number of amides is 1. The van der Waals surface area contributed by atoms with Gasteiger partial charge >= 0.3 is 0 Å². The number of phenolic OH excluding ortho intramolecular Hbond substituents is 1. The lowest BCUT2D eigenvalue weighted by molar-refractivity contribution is 0.0934. The van der Waals surface area contributed by atoms with Crippen molar-refractivity contribution in [2.75, 3.05) is 11.5 Å². The van der Waals surface area contributed by atoms with Gasteiger partial charge in [0.2, 0.25) is 0 Å². The first kappa shape index (κ1) is 14.1. The first-order valence-electron chi connectivity index (χ1n) is 5.87. The first-order valence-corrected chi connectivity index (χ1v) is 8.07. The monoisotopic (exact) mass is 303 g/mol. The topological polar surface area (TPSA) is 83.5 Å². The summed E-state index contributed by atoms with van der Waals surface area (Å²) in [6, 6.07) is 3.95. The number of benzene rings is 1. The van der Waals surface area contributed by atoms with Crippen LogP contribution in [-0.2, 0) is 9.84 Å². The Balaban J connectivity index is 2.04. The molecule has 0 atom stereocenters. The molecule has 1 fully saturated rings. The Kier molecular flexibility index (Phi) is 4.01. The van der Waals surface area contributed by atoms with Gasteiger partial charge in [0, 0.05) is 6.04 Å². The van der Waals surface area contributed by atoms with E-state index < -0.39 is 15.7 Å². The van der Waals surface area contributed by atoms with E-state index in [-0.39, 0.29) is 33.9 Å². The molecule has 1 aliphatic heterocycles. The third-order valence-electron chi connectivity index (χ3n) is 3.08. The zero-order valence-corrected chi connectivity index (χ0v) is 11.7. The molecule has 1 aromatic rings. The summed E-state index contributed by atoms with van der Waals surface area (Å²) in [5.41, 5.74) is 0.190. The van der Waals surface area contributed by atoms with Crippen LogP contribution in [0.1, 0.15) is 23.2 Å². The van der Waals surface area contributed by atoms with Crippen LogP contribution in [0.15, 0.2) is 18.2 Å². The Morgan fingerprint density at radius 1 is 1.32 bits per heavy atom. The van der Waals surface area contributed by atoms with Crippen molar-refractivity contribution in [2.45, 2.75) is 18.9 Å². The first-order chi connectivity index (χ1) is 8.87. The number of carbonyl (C=O) groups excluding carboxylic acids is 1. The summed E-state index contributed by atoms with van der Waals surface area (Å²) in [7, 11) is -2.95. The van der Waals surface area contributed by atoms with Gasteiger partial charge in [-0.3, -0.25) is 4.79 Å². The van der Waals surface area contributed by atoms with Crippen LogP contribution in [0.5, 0.6) is 5.75 Å². The van der Waals surface area contributed by atoms with E-state index in [1.165, 1.54) is 18.2 Å². The zero-order valence-electron chi connectivity index (χ0n) is 10.1. The smallest absolute Gasteiger partial charge is 0.253 e. The van der Waals surface area contributed by atoms with E-state index in [2.05, 4.69) is 5.32 Å². The third-order valence-corrected chi connectivity index (χ3v) is 5.13. The molecular formula is C12H14ClNO4S. The van der Waals surface area contributed by atoms with E-state index in [4.69, 9.17) is 11.6 Å². The predicted octanol–water partition coefficient (Wildman–Crippen LogP) is 1.35. The molecule has 1 aromatic carbocycles. The van der Waals surface area contributed by atoms with Crippen LogP contribution in [-0.4, -0.2) is 37.0 Å². The van der Waals surface area contributed by atoms with Gasteiger partial charge in [-0.2, -0.15) is 0 Å². The maximum atomic E-state index is 12.0. The highest BCUT2D eigenvalue weighted by molar-refractivity contribution is 7.91. The minimum Gasteiger partial charge on any atom is -0.508 e. The molecule has 1 heterocycles. The number of nitrogens with one attached hydrogen (secondary N) is 1. The summed E-state index contributed by atoms with van der Waals surface area (Å²) in [4.78, 5) is 12.0. The van der Waals surface area contributed by atoms with Gasteiger partial charge in [-0.25, -0.2) is 8.42 Å². The fourth-order valence-corrected chi connectivity index (χ4v) is 3.68. The summed E-state index contributed by atoms with van der Waals surface area (Å²) < 4.78 is 22.6. The van der Waals surface area contributed by atoms with Crippen LogP contribution in [0.4, 0.5) is 0 Å². The summed E-state index contributed by atoms with van der Waals surface area (Å²) >= 11 is 5.89. The summed E-state index contributed by atoms with van der Waals surface area (Å²) in [5.74, 6) is -0.261. The molecule has 0 aromatic heterocycles. The Bertz CT molecular complexity index is 586. The molecule has 0 aliphatic carbocycles. The van der Waals surface area contributed by atoms with E-state index >= 15 is 0 Å². The average molecular weight is 304 g/mol. The van der Waals surface area contributed by atoms with Gasteiger partial charge in [-0.05, 0) is 31.0 Å². The quantitative estimate of drug-likeness (QED) is 0.864. The lowest BCUT2D eigenvalue weighted by atomic mass is 10.1. The van der Waals surface area contributed by atoms with Gasteiger partial charge < -0.3 is 10.4 Å². The van der Waals surface area contributed by atoms with Gasteiger partial charge in [0.15, 0.2) is 0 Å². The van der Waals surface area contributed by atoms with Crippen molar-refractivity contribution < 1.29 is 18.3 Å². The van der Waals surface area contributed by atoms with Crippen molar-refractivity contribution in [2.24, 2.45) is 0 Å². The molecular weight excluding hydrogens is 290 g/mol. The Morgan fingerprint density at radius 3 is 2.58 bits per heavy atom. The Labute approximate surface area is 116 Å². The Morgan fingerprint density at radius 2 is 1.95 bits per heavy atom. The summed E-state index contributed by atoms with van der Waals surface area (Å²) in [5, 5.41) is 12.3. The molecule has 2 rings (SSSR count). The van der Waals surface area contributed by atoms with Crippen LogP contribution >= 0.6 is 11.6 Å². The van der Waals surface area contributed by atoms with Crippen molar-refractivity contribution in [1.82, 2.24) is 5.32 Å². The summed E-state index contributed by atoms with van der Waals surface area (Å²) in [6.07, 6.45) is 0.815. The predicted molar refractivity (Wildman–Crippen MR) is 72.3 cm³/mol. The second-order valence-corrected chi connectivity index (χ2v) is 7.27. The minimum atomic E-state index is -2.95. The fourth-order valence-electron chi connectivity index (χ4n) is 1.98. The van der Waals surface area contributed by atoms with Crippen molar-refractivity contribution in [3.63, 3.8) is 0 Å². The molecule has 1 saturated heterocycles. The van der Waals surface area contributed by atoms with E-state index in [0.717, 1.165) is 0 Å². The number of hydrogen-bond donors (Lipinski definition) is 2. The van der Waals surface area contributed by atoms with E-state index in [1.807, 2.05) is 0 Å². The van der Waals surface area contributed by atoms with Crippen molar-refractivity contribution in [3.8, 4) is 5.75 Å². The molecule has 19 heavy (non-hydrogen) atoms. The van der Waals surface area contributed by atoms with Gasteiger partial charge in [-0.1, -0.05) is 11.6 Å². The molecule has 1 amide bonds. The highest BCUT2D eigenvalue weighted by Gasteiger charge is 2.25. The molecule has 104 valence electrons. The number of phenols is 1. The van der Waals surface area contributed by atoms with E-state index in [9.17, 15) is 18.3 Å². The third kappa shape index (κ3) is 3.61. The second kappa shape index (κ2) is 5.38. The van der Waals surface area contributed by atoms with Crippen LogP contribution in [0.3, 0.4) is 0 Å². The number of sulfone groups is 1. The molecule has 0 saturated carbocycles. The van der Waals surface area contributed by atoms with Crippen LogP contribution in [0.2, 0.25) is 5.02 Å². The van der Waals surface area contributed by atoms with Gasteiger partial charge in [0.05, 0.1) is 22.1 Å². The van der Waals surface area contributed by atoms with Gasteiger partial charge in [0.25, 0.3) is 5.91 Å². The molecule has 2 N–H and O–H groups in total. The maximum Gasteiger partial charge on any atom is 0.253 e. The maximum absolute atomic E-state index is 12.0. The zero-order chi connectivity index (χ0) is 14.0. The lowest BCUT2D eigenvalue weighted by Gasteiger charge is -2.23. The van der Waals surface area contributed by atoms with Crippen molar-refractivity contribution in [1.29, 1.82) is 0 Å². The summed E-state index contributed by atoms with van der Waals surface area (Å²) in [6.45, 7) is 0. The van der Waals surface area contributed by atoms with Crippen molar-refractivity contribution in [3.05, 3.63) is 28.8 Å².